The molecule has 0 bridgehead atoms. The number of likely N-dealkylation sites (tertiary alicyclic amines) is 1. The smallest absolute Gasteiger partial charge is 0.237 e. The number of rotatable bonds is 5. The van der Waals surface area contributed by atoms with Crippen LogP contribution in [0.15, 0.2) is 30.3 Å². The molecule has 3 heteroatoms. The van der Waals surface area contributed by atoms with Gasteiger partial charge in [0.15, 0.2) is 0 Å². The molecular formula is C18H28N2O. The van der Waals surface area contributed by atoms with Crippen molar-refractivity contribution in [2.45, 2.75) is 46.2 Å². The first-order chi connectivity index (χ1) is 10.1. The Hall–Kier alpha value is -1.35. The van der Waals surface area contributed by atoms with Crippen molar-refractivity contribution in [3.63, 3.8) is 0 Å². The van der Waals surface area contributed by atoms with Gasteiger partial charge in [-0.05, 0) is 51.3 Å². The van der Waals surface area contributed by atoms with E-state index in [0.717, 1.165) is 19.0 Å². The molecule has 0 spiro atoms. The summed E-state index contributed by atoms with van der Waals surface area (Å²) < 4.78 is 0. The molecular weight excluding hydrogens is 260 g/mol. The third-order valence-corrected chi connectivity index (χ3v) is 4.37. The zero-order valence-electron chi connectivity index (χ0n) is 13.6. The van der Waals surface area contributed by atoms with Crippen LogP contribution >= 0.6 is 0 Å². The van der Waals surface area contributed by atoms with Crippen molar-refractivity contribution in [1.29, 1.82) is 0 Å². The molecule has 0 N–H and O–H groups in total. The SMILES string of the molecule is CC1CCN(CC(=O)N(Cc2ccccc2)C(C)C)CC1. The Bertz CT molecular complexity index is 436. The lowest BCUT2D eigenvalue weighted by atomic mass is 9.99. The second-order valence-corrected chi connectivity index (χ2v) is 6.56. The predicted molar refractivity (Wildman–Crippen MR) is 87.0 cm³/mol. The van der Waals surface area contributed by atoms with E-state index < -0.39 is 0 Å². The van der Waals surface area contributed by atoms with E-state index in [2.05, 4.69) is 37.8 Å². The number of carbonyl (C=O) groups excluding carboxylic acids is 1. The molecule has 1 amide bonds. The van der Waals surface area contributed by atoms with Crippen LogP contribution in [0.5, 0.6) is 0 Å². The first kappa shape index (κ1) is 16.0. The van der Waals surface area contributed by atoms with Crippen molar-refractivity contribution in [3.8, 4) is 0 Å². The summed E-state index contributed by atoms with van der Waals surface area (Å²) in [6.45, 7) is 9.89. The van der Waals surface area contributed by atoms with Crippen LogP contribution in [0.4, 0.5) is 0 Å². The third kappa shape index (κ3) is 4.85. The number of carbonyl (C=O) groups is 1. The van der Waals surface area contributed by atoms with Gasteiger partial charge in [-0.15, -0.1) is 0 Å². The van der Waals surface area contributed by atoms with Gasteiger partial charge in [-0.1, -0.05) is 37.3 Å². The van der Waals surface area contributed by atoms with Gasteiger partial charge < -0.3 is 4.90 Å². The molecule has 0 saturated carbocycles. The highest BCUT2D eigenvalue weighted by Crippen LogP contribution is 2.16. The Morgan fingerprint density at radius 3 is 2.43 bits per heavy atom. The van der Waals surface area contributed by atoms with Crippen LogP contribution in [0.1, 0.15) is 39.2 Å². The predicted octanol–water partition coefficient (Wildman–Crippen LogP) is 3.16. The minimum Gasteiger partial charge on any atom is -0.335 e. The van der Waals surface area contributed by atoms with Crippen LogP contribution in [0.2, 0.25) is 0 Å². The van der Waals surface area contributed by atoms with Crippen LogP contribution < -0.4 is 0 Å². The van der Waals surface area contributed by atoms with Gasteiger partial charge in [0.25, 0.3) is 0 Å². The number of piperidine rings is 1. The molecule has 0 aliphatic carbocycles. The van der Waals surface area contributed by atoms with E-state index in [9.17, 15) is 4.79 Å². The average molecular weight is 288 g/mol. The summed E-state index contributed by atoms with van der Waals surface area (Å²) in [7, 11) is 0. The second-order valence-electron chi connectivity index (χ2n) is 6.56. The minimum absolute atomic E-state index is 0.237. The Morgan fingerprint density at radius 2 is 1.86 bits per heavy atom. The van der Waals surface area contributed by atoms with Crippen molar-refractivity contribution >= 4 is 5.91 Å². The molecule has 3 nitrogen and oxygen atoms in total. The zero-order chi connectivity index (χ0) is 15.2. The fraction of sp³-hybridized carbons (Fsp3) is 0.611. The van der Waals surface area contributed by atoms with Crippen molar-refractivity contribution in [2.75, 3.05) is 19.6 Å². The van der Waals surface area contributed by atoms with E-state index in [-0.39, 0.29) is 11.9 Å². The third-order valence-electron chi connectivity index (χ3n) is 4.37. The van der Waals surface area contributed by atoms with E-state index in [1.807, 2.05) is 23.1 Å². The van der Waals surface area contributed by atoms with Crippen molar-refractivity contribution in [2.24, 2.45) is 5.92 Å². The highest BCUT2D eigenvalue weighted by Gasteiger charge is 2.22. The van der Waals surface area contributed by atoms with Crippen molar-refractivity contribution in [1.82, 2.24) is 9.80 Å². The van der Waals surface area contributed by atoms with Gasteiger partial charge in [-0.3, -0.25) is 9.69 Å². The Balaban J connectivity index is 1.93. The second kappa shape index (κ2) is 7.60. The van der Waals surface area contributed by atoms with Gasteiger partial charge in [0.05, 0.1) is 6.54 Å². The fourth-order valence-corrected chi connectivity index (χ4v) is 2.84. The first-order valence-electron chi connectivity index (χ1n) is 8.12. The van der Waals surface area contributed by atoms with Crippen LogP contribution in [-0.4, -0.2) is 41.4 Å². The fourth-order valence-electron chi connectivity index (χ4n) is 2.84. The van der Waals surface area contributed by atoms with E-state index in [0.29, 0.717) is 13.1 Å². The van der Waals surface area contributed by atoms with Crippen LogP contribution in [0.25, 0.3) is 0 Å². The molecule has 116 valence electrons. The van der Waals surface area contributed by atoms with Gasteiger partial charge in [0, 0.05) is 12.6 Å². The first-order valence-corrected chi connectivity index (χ1v) is 8.12. The molecule has 1 aromatic rings. The lowest BCUT2D eigenvalue weighted by Crippen LogP contribution is -2.45. The van der Waals surface area contributed by atoms with Gasteiger partial charge in [-0.2, -0.15) is 0 Å². The normalized spacial score (nSPS) is 17.1. The van der Waals surface area contributed by atoms with Crippen molar-refractivity contribution in [3.05, 3.63) is 35.9 Å². The Labute approximate surface area is 128 Å². The summed E-state index contributed by atoms with van der Waals surface area (Å²) >= 11 is 0. The van der Waals surface area contributed by atoms with Gasteiger partial charge >= 0.3 is 0 Å². The van der Waals surface area contributed by atoms with Crippen LogP contribution in [0, 0.1) is 5.92 Å². The number of amides is 1. The molecule has 0 aromatic heterocycles. The number of hydrogen-bond acceptors (Lipinski definition) is 2. The monoisotopic (exact) mass is 288 g/mol. The lowest BCUT2D eigenvalue weighted by molar-refractivity contribution is -0.135. The van der Waals surface area contributed by atoms with Crippen LogP contribution in [0.3, 0.4) is 0 Å². The van der Waals surface area contributed by atoms with E-state index >= 15 is 0 Å². The summed E-state index contributed by atoms with van der Waals surface area (Å²) in [5.41, 5.74) is 1.20. The van der Waals surface area contributed by atoms with E-state index in [1.54, 1.807) is 0 Å². The van der Waals surface area contributed by atoms with E-state index in [4.69, 9.17) is 0 Å². The minimum atomic E-state index is 0.237. The molecule has 0 unspecified atom stereocenters. The van der Waals surface area contributed by atoms with Gasteiger partial charge in [0.1, 0.15) is 0 Å². The number of benzene rings is 1. The highest BCUT2D eigenvalue weighted by molar-refractivity contribution is 5.78. The molecule has 1 aliphatic rings. The highest BCUT2D eigenvalue weighted by atomic mass is 16.2. The molecule has 21 heavy (non-hydrogen) atoms. The molecule has 1 saturated heterocycles. The maximum Gasteiger partial charge on any atom is 0.237 e. The van der Waals surface area contributed by atoms with Crippen molar-refractivity contribution < 1.29 is 4.79 Å². The summed E-state index contributed by atoms with van der Waals surface area (Å²) in [5, 5.41) is 0. The maximum atomic E-state index is 12.6. The molecule has 0 atom stereocenters. The summed E-state index contributed by atoms with van der Waals surface area (Å²) in [5.74, 6) is 1.06. The number of nitrogens with zero attached hydrogens (tertiary/aromatic N) is 2. The maximum absolute atomic E-state index is 12.6. The Morgan fingerprint density at radius 1 is 1.24 bits per heavy atom. The summed E-state index contributed by atoms with van der Waals surface area (Å²) in [6, 6.07) is 10.5. The quantitative estimate of drug-likeness (QED) is 0.831. The largest absolute Gasteiger partial charge is 0.335 e. The van der Waals surface area contributed by atoms with Crippen LogP contribution in [-0.2, 0) is 11.3 Å². The molecule has 0 radical (unpaired) electrons. The van der Waals surface area contributed by atoms with Gasteiger partial charge in [0.2, 0.25) is 5.91 Å². The molecule has 1 fully saturated rings. The molecule has 1 heterocycles. The molecule has 1 aromatic carbocycles. The Kier molecular flexibility index (Phi) is 5.80. The van der Waals surface area contributed by atoms with E-state index in [1.165, 1.54) is 18.4 Å². The molecule has 1 aliphatic heterocycles. The topological polar surface area (TPSA) is 23.6 Å². The van der Waals surface area contributed by atoms with Gasteiger partial charge in [-0.25, -0.2) is 0 Å². The standard InChI is InChI=1S/C18H28N2O/c1-15(2)20(13-17-7-5-4-6-8-17)18(21)14-19-11-9-16(3)10-12-19/h4-8,15-16H,9-14H2,1-3H3. The average Bonchev–Trinajstić information content (AvgIpc) is 2.48. The number of hydrogen-bond donors (Lipinski definition) is 0. The lowest BCUT2D eigenvalue weighted by Gasteiger charge is -2.33. The summed E-state index contributed by atoms with van der Waals surface area (Å²) in [6.07, 6.45) is 2.43. The zero-order valence-corrected chi connectivity index (χ0v) is 13.6. The summed E-state index contributed by atoms with van der Waals surface area (Å²) in [4.78, 5) is 16.9. The molecule has 2 rings (SSSR count).